The lowest BCUT2D eigenvalue weighted by atomic mass is 9.89. The van der Waals surface area contributed by atoms with Gasteiger partial charge in [-0.1, -0.05) is 0 Å². The largest absolute Gasteiger partial charge is 0.481 e. The van der Waals surface area contributed by atoms with Crippen LogP contribution < -0.4 is 5.32 Å². The van der Waals surface area contributed by atoms with Crippen molar-refractivity contribution in [3.63, 3.8) is 0 Å². The molecule has 1 rings (SSSR count). The smallest absolute Gasteiger partial charge is 0.309 e. The van der Waals surface area contributed by atoms with Crippen molar-refractivity contribution in [1.29, 1.82) is 0 Å². The summed E-state index contributed by atoms with van der Waals surface area (Å²) in [4.78, 5) is 35.4. The van der Waals surface area contributed by atoms with Gasteiger partial charge in [-0.2, -0.15) is 0 Å². The number of aliphatic carboxylic acids is 1. The molecule has 1 unspecified atom stereocenters. The van der Waals surface area contributed by atoms with Gasteiger partial charge < -0.3 is 15.3 Å². The zero-order valence-electron chi connectivity index (χ0n) is 11.0. The molecule has 1 fully saturated rings. The maximum Gasteiger partial charge on any atom is 0.309 e. The first-order chi connectivity index (χ1) is 8.24. The minimum Gasteiger partial charge on any atom is -0.481 e. The molecule has 2 amide bonds. The highest BCUT2D eigenvalue weighted by molar-refractivity contribution is 5.89. The molecule has 1 heterocycles. The van der Waals surface area contributed by atoms with Crippen molar-refractivity contribution in [2.24, 2.45) is 11.3 Å². The van der Waals surface area contributed by atoms with Crippen LogP contribution in [0.4, 0.5) is 0 Å². The molecular weight excluding hydrogens is 236 g/mol. The number of carbonyl (C=O) groups is 3. The summed E-state index contributed by atoms with van der Waals surface area (Å²) < 4.78 is 0. The van der Waals surface area contributed by atoms with Crippen LogP contribution in [0.2, 0.25) is 0 Å². The molecule has 1 aliphatic heterocycles. The van der Waals surface area contributed by atoms with E-state index in [1.807, 2.05) is 0 Å². The maximum absolute atomic E-state index is 11.8. The van der Waals surface area contributed by atoms with Crippen molar-refractivity contribution in [3.05, 3.63) is 0 Å². The van der Waals surface area contributed by atoms with Gasteiger partial charge >= 0.3 is 5.97 Å². The number of amides is 2. The van der Waals surface area contributed by atoms with Crippen molar-refractivity contribution in [2.75, 3.05) is 20.1 Å². The van der Waals surface area contributed by atoms with Crippen LogP contribution in [0.15, 0.2) is 0 Å². The molecule has 0 saturated carbocycles. The van der Waals surface area contributed by atoms with E-state index in [2.05, 4.69) is 5.32 Å². The van der Waals surface area contributed by atoms with Crippen LogP contribution in [-0.4, -0.2) is 47.9 Å². The van der Waals surface area contributed by atoms with E-state index >= 15 is 0 Å². The molecule has 0 radical (unpaired) electrons. The highest BCUT2D eigenvalue weighted by Gasteiger charge is 2.32. The van der Waals surface area contributed by atoms with Crippen LogP contribution in [0.1, 0.15) is 26.7 Å². The van der Waals surface area contributed by atoms with Crippen LogP contribution in [0.5, 0.6) is 0 Å². The lowest BCUT2D eigenvalue weighted by molar-refractivity contribution is -0.147. The van der Waals surface area contributed by atoms with Gasteiger partial charge in [0, 0.05) is 26.6 Å². The summed E-state index contributed by atoms with van der Waals surface area (Å²) in [6.07, 6.45) is 0.606. The number of rotatable bonds is 5. The Balaban J connectivity index is 2.35. The van der Waals surface area contributed by atoms with E-state index < -0.39 is 11.4 Å². The van der Waals surface area contributed by atoms with Crippen molar-refractivity contribution < 1.29 is 19.5 Å². The number of carboxylic acids is 1. The summed E-state index contributed by atoms with van der Waals surface area (Å²) in [5.41, 5.74) is -0.852. The zero-order chi connectivity index (χ0) is 13.9. The fraction of sp³-hybridized carbons (Fsp3) is 0.750. The van der Waals surface area contributed by atoms with Crippen LogP contribution in [0, 0.1) is 11.3 Å². The van der Waals surface area contributed by atoms with Crippen molar-refractivity contribution in [3.8, 4) is 0 Å². The Bertz CT molecular complexity index is 365. The van der Waals surface area contributed by atoms with E-state index in [4.69, 9.17) is 5.11 Å². The van der Waals surface area contributed by atoms with Crippen LogP contribution in [-0.2, 0) is 14.4 Å². The lowest BCUT2D eigenvalue weighted by Gasteiger charge is -2.19. The van der Waals surface area contributed by atoms with Gasteiger partial charge in [-0.3, -0.25) is 14.4 Å². The lowest BCUT2D eigenvalue weighted by Crippen LogP contribution is -2.36. The number of carboxylic acid groups (broad SMARTS) is 1. The molecule has 18 heavy (non-hydrogen) atoms. The normalized spacial score (nSPS) is 20.1. The van der Waals surface area contributed by atoms with E-state index in [-0.39, 0.29) is 24.2 Å². The highest BCUT2D eigenvalue weighted by atomic mass is 16.4. The van der Waals surface area contributed by atoms with Gasteiger partial charge in [0.15, 0.2) is 0 Å². The van der Waals surface area contributed by atoms with Crippen LogP contribution in [0.25, 0.3) is 0 Å². The second kappa shape index (κ2) is 5.37. The molecule has 0 aromatic rings. The summed E-state index contributed by atoms with van der Waals surface area (Å²) in [5.74, 6) is -1.39. The van der Waals surface area contributed by atoms with E-state index in [1.165, 1.54) is 4.90 Å². The first kappa shape index (κ1) is 14.5. The molecule has 1 aliphatic rings. The molecule has 2 N–H and O–H groups in total. The summed E-state index contributed by atoms with van der Waals surface area (Å²) in [6.45, 7) is 3.99. The molecule has 1 saturated heterocycles. The van der Waals surface area contributed by atoms with Crippen LogP contribution in [0.3, 0.4) is 0 Å². The van der Waals surface area contributed by atoms with E-state index in [0.29, 0.717) is 19.5 Å². The van der Waals surface area contributed by atoms with Gasteiger partial charge in [-0.15, -0.1) is 0 Å². The van der Waals surface area contributed by atoms with Gasteiger partial charge in [0.2, 0.25) is 11.8 Å². The minimum absolute atomic E-state index is 0.0268. The number of nitrogens with one attached hydrogen (secondary N) is 1. The monoisotopic (exact) mass is 256 g/mol. The third-order valence-electron chi connectivity index (χ3n) is 3.34. The molecule has 0 aromatic heterocycles. The van der Waals surface area contributed by atoms with E-state index in [1.54, 1.807) is 20.9 Å². The third-order valence-corrected chi connectivity index (χ3v) is 3.34. The zero-order valence-corrected chi connectivity index (χ0v) is 11.0. The van der Waals surface area contributed by atoms with Crippen LogP contribution >= 0.6 is 0 Å². The average molecular weight is 256 g/mol. The fourth-order valence-electron chi connectivity index (χ4n) is 1.79. The quantitative estimate of drug-likeness (QED) is 0.729. The van der Waals surface area contributed by atoms with E-state index in [0.717, 1.165) is 0 Å². The predicted octanol–water partition coefficient (Wildman–Crippen LogP) is 0.0818. The Morgan fingerprint density at radius 1 is 1.50 bits per heavy atom. The Hall–Kier alpha value is -1.59. The summed E-state index contributed by atoms with van der Waals surface area (Å²) in [5, 5.41) is 11.6. The number of carbonyl (C=O) groups excluding carboxylic acids is 2. The second-order valence-corrected chi connectivity index (χ2v) is 5.41. The van der Waals surface area contributed by atoms with Crippen molar-refractivity contribution in [2.45, 2.75) is 26.7 Å². The summed E-state index contributed by atoms with van der Waals surface area (Å²) >= 11 is 0. The number of nitrogens with zero attached hydrogens (tertiary/aromatic N) is 1. The van der Waals surface area contributed by atoms with Gasteiger partial charge in [-0.25, -0.2) is 0 Å². The maximum atomic E-state index is 11.8. The molecule has 6 heteroatoms. The Kier molecular flexibility index (Phi) is 4.32. The third kappa shape index (κ3) is 3.45. The number of hydrogen-bond acceptors (Lipinski definition) is 3. The average Bonchev–Trinajstić information content (AvgIpc) is 2.58. The molecule has 0 aromatic carbocycles. The molecule has 0 spiro atoms. The van der Waals surface area contributed by atoms with E-state index in [9.17, 15) is 14.4 Å². The van der Waals surface area contributed by atoms with Gasteiger partial charge in [-0.05, 0) is 20.3 Å². The first-order valence-electron chi connectivity index (χ1n) is 5.99. The Morgan fingerprint density at radius 2 is 2.11 bits per heavy atom. The molecule has 0 aliphatic carbocycles. The molecule has 0 bridgehead atoms. The highest BCUT2D eigenvalue weighted by Crippen LogP contribution is 2.20. The second-order valence-electron chi connectivity index (χ2n) is 5.41. The number of hydrogen-bond donors (Lipinski definition) is 2. The fourth-order valence-corrected chi connectivity index (χ4v) is 1.79. The SMILES string of the molecule is CN1CC(C(=O)NCCC(C)(C)C(=O)O)CC1=O. The molecule has 1 atom stereocenters. The van der Waals surface area contributed by atoms with Crippen molar-refractivity contribution >= 4 is 17.8 Å². The minimum atomic E-state index is -0.882. The van der Waals surface area contributed by atoms with Gasteiger partial charge in [0.1, 0.15) is 0 Å². The van der Waals surface area contributed by atoms with Crippen molar-refractivity contribution in [1.82, 2.24) is 10.2 Å². The molecule has 102 valence electrons. The topological polar surface area (TPSA) is 86.7 Å². The molecular formula is C12H20N2O4. The van der Waals surface area contributed by atoms with Gasteiger partial charge in [0.25, 0.3) is 0 Å². The summed E-state index contributed by atoms with van der Waals surface area (Å²) in [7, 11) is 1.67. The van der Waals surface area contributed by atoms with Gasteiger partial charge in [0.05, 0.1) is 11.3 Å². The Morgan fingerprint density at radius 3 is 2.56 bits per heavy atom. The predicted molar refractivity (Wildman–Crippen MR) is 64.8 cm³/mol. The first-order valence-corrected chi connectivity index (χ1v) is 5.99. The summed E-state index contributed by atoms with van der Waals surface area (Å²) in [6, 6.07) is 0. The molecule has 6 nitrogen and oxygen atoms in total. The Labute approximate surface area is 106 Å². The standard InChI is InChI=1S/C12H20N2O4/c1-12(2,11(17)18)4-5-13-10(16)8-6-9(15)14(3)7-8/h8H,4-7H2,1-3H3,(H,13,16)(H,17,18). The number of likely N-dealkylation sites (tertiary alicyclic amines) is 1.